The van der Waals surface area contributed by atoms with Crippen molar-refractivity contribution in [2.45, 2.75) is 39.0 Å². The number of carboxylic acid groups (broad SMARTS) is 1. The molecule has 1 N–H and O–H groups in total. The van der Waals surface area contributed by atoms with Gasteiger partial charge in [-0.25, -0.2) is 0 Å². The molecule has 0 spiro atoms. The predicted octanol–water partition coefficient (Wildman–Crippen LogP) is 4.12. The van der Waals surface area contributed by atoms with Crippen LogP contribution in [-0.2, 0) is 4.79 Å². The zero-order chi connectivity index (χ0) is 12.1. The van der Waals surface area contributed by atoms with Crippen LogP contribution in [0.5, 0.6) is 0 Å². The van der Waals surface area contributed by atoms with E-state index in [-0.39, 0.29) is 12.3 Å². The van der Waals surface area contributed by atoms with E-state index >= 15 is 0 Å². The van der Waals surface area contributed by atoms with Crippen molar-refractivity contribution >= 4 is 21.9 Å². The minimum absolute atomic E-state index is 0.134. The van der Waals surface area contributed by atoms with Gasteiger partial charge in [0.05, 0.1) is 6.42 Å². The number of benzene rings is 1. The molecule has 0 aliphatic heterocycles. The fourth-order valence-electron chi connectivity index (χ4n) is 1.87. The number of carboxylic acids is 1. The molecular weight excluding hydrogens is 268 g/mol. The smallest absolute Gasteiger partial charge is 0.303 e. The second-order valence-electron chi connectivity index (χ2n) is 4.09. The van der Waals surface area contributed by atoms with Crippen LogP contribution in [0.15, 0.2) is 22.7 Å². The van der Waals surface area contributed by atoms with Gasteiger partial charge in [0.25, 0.3) is 0 Å². The highest BCUT2D eigenvalue weighted by Crippen LogP contribution is 2.28. The lowest BCUT2D eigenvalue weighted by molar-refractivity contribution is -0.137. The quantitative estimate of drug-likeness (QED) is 0.883. The largest absolute Gasteiger partial charge is 0.481 e. The van der Waals surface area contributed by atoms with Gasteiger partial charge in [-0.05, 0) is 36.5 Å². The van der Waals surface area contributed by atoms with Gasteiger partial charge < -0.3 is 5.11 Å². The van der Waals surface area contributed by atoms with Crippen LogP contribution in [0.2, 0.25) is 0 Å². The molecule has 0 bridgehead atoms. The van der Waals surface area contributed by atoms with E-state index in [4.69, 9.17) is 5.11 Å². The maximum atomic E-state index is 10.8. The monoisotopic (exact) mass is 284 g/mol. The van der Waals surface area contributed by atoms with Gasteiger partial charge in [-0.3, -0.25) is 4.79 Å². The number of carbonyl (C=O) groups is 1. The topological polar surface area (TPSA) is 37.3 Å². The van der Waals surface area contributed by atoms with E-state index in [0.717, 1.165) is 28.4 Å². The molecule has 0 amide bonds. The zero-order valence-electron chi connectivity index (χ0n) is 9.66. The van der Waals surface area contributed by atoms with Crippen LogP contribution in [0.1, 0.15) is 43.2 Å². The molecule has 0 radical (unpaired) electrons. The van der Waals surface area contributed by atoms with Gasteiger partial charge in [-0.1, -0.05) is 41.4 Å². The summed E-state index contributed by atoms with van der Waals surface area (Å²) in [5.41, 5.74) is 2.29. The fourth-order valence-corrected chi connectivity index (χ4v) is 2.11. The molecule has 1 unspecified atom stereocenters. The van der Waals surface area contributed by atoms with Crippen molar-refractivity contribution < 1.29 is 9.90 Å². The van der Waals surface area contributed by atoms with Gasteiger partial charge in [-0.2, -0.15) is 0 Å². The Morgan fingerprint density at radius 1 is 1.50 bits per heavy atom. The highest BCUT2D eigenvalue weighted by atomic mass is 79.9. The molecule has 0 aliphatic rings. The molecule has 1 rings (SSSR count). The first-order valence-corrected chi connectivity index (χ1v) is 6.31. The number of aliphatic carboxylic acids is 1. The van der Waals surface area contributed by atoms with Gasteiger partial charge in [0.2, 0.25) is 0 Å². The van der Waals surface area contributed by atoms with Crippen molar-refractivity contribution in [2.24, 2.45) is 0 Å². The molecule has 16 heavy (non-hydrogen) atoms. The van der Waals surface area contributed by atoms with Crippen LogP contribution in [-0.4, -0.2) is 11.1 Å². The first-order chi connectivity index (χ1) is 7.54. The molecule has 0 saturated carbocycles. The molecule has 88 valence electrons. The standard InChI is InChI=1S/C13H17BrO2/c1-3-4-10(8-13(15)16)11-5-6-12(14)9(2)7-11/h5-7,10H,3-4,8H2,1-2H3,(H,15,16). The van der Waals surface area contributed by atoms with Crippen LogP contribution >= 0.6 is 15.9 Å². The summed E-state index contributed by atoms with van der Waals surface area (Å²) in [7, 11) is 0. The van der Waals surface area contributed by atoms with Crippen LogP contribution in [0.25, 0.3) is 0 Å². The van der Waals surface area contributed by atoms with Crippen molar-refractivity contribution in [3.63, 3.8) is 0 Å². The Hall–Kier alpha value is -0.830. The zero-order valence-corrected chi connectivity index (χ0v) is 11.3. The normalized spacial score (nSPS) is 12.4. The third-order valence-corrected chi connectivity index (χ3v) is 3.60. The maximum absolute atomic E-state index is 10.8. The summed E-state index contributed by atoms with van der Waals surface area (Å²) in [4.78, 5) is 10.8. The van der Waals surface area contributed by atoms with E-state index in [9.17, 15) is 4.79 Å². The molecule has 0 saturated heterocycles. The Morgan fingerprint density at radius 2 is 2.19 bits per heavy atom. The van der Waals surface area contributed by atoms with Crippen molar-refractivity contribution in [1.29, 1.82) is 0 Å². The molecule has 0 fully saturated rings. The molecule has 1 aromatic carbocycles. The van der Waals surface area contributed by atoms with Crippen molar-refractivity contribution in [3.05, 3.63) is 33.8 Å². The minimum Gasteiger partial charge on any atom is -0.481 e. The summed E-state index contributed by atoms with van der Waals surface area (Å²) in [6.45, 7) is 4.11. The van der Waals surface area contributed by atoms with Gasteiger partial charge in [-0.15, -0.1) is 0 Å². The lowest BCUT2D eigenvalue weighted by Crippen LogP contribution is -2.06. The highest BCUT2D eigenvalue weighted by molar-refractivity contribution is 9.10. The van der Waals surface area contributed by atoms with Gasteiger partial charge in [0, 0.05) is 4.47 Å². The Balaban J connectivity index is 2.91. The van der Waals surface area contributed by atoms with Gasteiger partial charge in [0.15, 0.2) is 0 Å². The minimum atomic E-state index is -0.723. The summed E-state index contributed by atoms with van der Waals surface area (Å²) in [5, 5.41) is 8.89. The maximum Gasteiger partial charge on any atom is 0.303 e. The third kappa shape index (κ3) is 3.63. The van der Waals surface area contributed by atoms with Crippen molar-refractivity contribution in [3.8, 4) is 0 Å². The summed E-state index contributed by atoms with van der Waals surface area (Å²) in [5.74, 6) is -0.590. The summed E-state index contributed by atoms with van der Waals surface area (Å²) < 4.78 is 1.07. The average Bonchev–Trinajstić information content (AvgIpc) is 2.21. The predicted molar refractivity (Wildman–Crippen MR) is 68.8 cm³/mol. The second kappa shape index (κ2) is 6.04. The molecule has 1 atom stereocenters. The van der Waals surface area contributed by atoms with Crippen molar-refractivity contribution in [2.75, 3.05) is 0 Å². The number of halogens is 1. The van der Waals surface area contributed by atoms with E-state index in [2.05, 4.69) is 28.9 Å². The van der Waals surface area contributed by atoms with E-state index in [1.807, 2.05) is 19.1 Å². The van der Waals surface area contributed by atoms with Crippen molar-refractivity contribution in [1.82, 2.24) is 0 Å². The van der Waals surface area contributed by atoms with Crippen LogP contribution in [0.4, 0.5) is 0 Å². The molecule has 0 aliphatic carbocycles. The molecule has 3 heteroatoms. The SMILES string of the molecule is CCCC(CC(=O)O)c1ccc(Br)c(C)c1. The summed E-state index contributed by atoms with van der Waals surface area (Å²) >= 11 is 3.45. The summed E-state index contributed by atoms with van der Waals surface area (Å²) in [6.07, 6.45) is 2.15. The van der Waals surface area contributed by atoms with E-state index < -0.39 is 5.97 Å². The molecule has 1 aromatic rings. The number of hydrogen-bond acceptors (Lipinski definition) is 1. The first kappa shape index (κ1) is 13.2. The summed E-state index contributed by atoms with van der Waals surface area (Å²) in [6, 6.07) is 6.09. The molecular formula is C13H17BrO2. The first-order valence-electron chi connectivity index (χ1n) is 5.52. The Kier molecular flexibility index (Phi) is 5.00. The number of hydrogen-bond donors (Lipinski definition) is 1. The van der Waals surface area contributed by atoms with Gasteiger partial charge >= 0.3 is 5.97 Å². The van der Waals surface area contributed by atoms with Gasteiger partial charge in [0.1, 0.15) is 0 Å². The molecule has 0 heterocycles. The second-order valence-corrected chi connectivity index (χ2v) is 4.95. The van der Waals surface area contributed by atoms with E-state index in [1.165, 1.54) is 0 Å². The van der Waals surface area contributed by atoms with Crippen LogP contribution in [0, 0.1) is 6.92 Å². The fraction of sp³-hybridized carbons (Fsp3) is 0.462. The van der Waals surface area contributed by atoms with E-state index in [0.29, 0.717) is 0 Å². The Labute approximate surface area is 105 Å². The van der Waals surface area contributed by atoms with Crippen LogP contribution < -0.4 is 0 Å². The number of rotatable bonds is 5. The van der Waals surface area contributed by atoms with Crippen LogP contribution in [0.3, 0.4) is 0 Å². The lowest BCUT2D eigenvalue weighted by Gasteiger charge is -2.15. The average molecular weight is 285 g/mol. The Bertz CT molecular complexity index is 374. The Morgan fingerprint density at radius 3 is 2.69 bits per heavy atom. The number of aryl methyl sites for hydroxylation is 1. The highest BCUT2D eigenvalue weighted by Gasteiger charge is 2.15. The third-order valence-electron chi connectivity index (χ3n) is 2.71. The van der Waals surface area contributed by atoms with E-state index in [1.54, 1.807) is 0 Å². The lowest BCUT2D eigenvalue weighted by atomic mass is 9.90. The molecule has 2 nitrogen and oxygen atoms in total. The molecule has 0 aromatic heterocycles.